The molecule has 0 aliphatic rings. The summed E-state index contributed by atoms with van der Waals surface area (Å²) in [5, 5.41) is 5.78. The van der Waals surface area contributed by atoms with Crippen molar-refractivity contribution in [2.45, 2.75) is 12.6 Å². The van der Waals surface area contributed by atoms with E-state index in [2.05, 4.69) is 15.4 Å². The number of hydrogen-bond donors (Lipinski definition) is 1. The molecule has 0 aliphatic carbocycles. The number of rotatable bonds is 5. The molecule has 0 saturated carbocycles. The van der Waals surface area contributed by atoms with Crippen molar-refractivity contribution in [3.63, 3.8) is 0 Å². The average molecular weight is 384 g/mol. The van der Waals surface area contributed by atoms with E-state index in [1.54, 1.807) is 29.1 Å². The van der Waals surface area contributed by atoms with Gasteiger partial charge in [0.05, 0.1) is 17.6 Å². The lowest BCUT2D eigenvalue weighted by Crippen LogP contribution is -2.25. The van der Waals surface area contributed by atoms with E-state index in [0.29, 0.717) is 29.1 Å². The third kappa shape index (κ3) is 4.26. The van der Waals surface area contributed by atoms with Crippen LogP contribution in [0, 0.1) is 5.82 Å². The molecule has 10 heteroatoms. The Morgan fingerprint density at radius 2 is 1.92 bits per heavy atom. The van der Waals surface area contributed by atoms with Crippen LogP contribution in [-0.2, 0) is 12.6 Å². The third-order valence-electron chi connectivity index (χ3n) is 3.37. The number of carbonyl (C=O) groups excluding carboxylic acids is 1. The van der Waals surface area contributed by atoms with Gasteiger partial charge in [0.25, 0.3) is 5.91 Å². The molecule has 3 aromatic rings. The molecular weight excluding hydrogens is 372 g/mol. The number of amides is 1. The lowest BCUT2D eigenvalue weighted by atomic mass is 10.3. The van der Waals surface area contributed by atoms with Crippen LogP contribution < -0.4 is 5.32 Å². The van der Waals surface area contributed by atoms with Crippen molar-refractivity contribution >= 4 is 17.2 Å². The molecule has 26 heavy (non-hydrogen) atoms. The summed E-state index contributed by atoms with van der Waals surface area (Å²) in [6.07, 6.45) is -1.56. The van der Waals surface area contributed by atoms with Crippen LogP contribution in [0.5, 0.6) is 0 Å². The Morgan fingerprint density at radius 3 is 2.58 bits per heavy atom. The zero-order valence-corrected chi connectivity index (χ0v) is 13.9. The van der Waals surface area contributed by atoms with Crippen LogP contribution in [0.25, 0.3) is 5.69 Å². The fourth-order valence-electron chi connectivity index (χ4n) is 2.13. The van der Waals surface area contributed by atoms with Gasteiger partial charge in [0.15, 0.2) is 5.01 Å². The second-order valence-electron chi connectivity index (χ2n) is 5.26. The smallest absolute Gasteiger partial charge is 0.351 e. The second-order valence-corrected chi connectivity index (χ2v) is 6.29. The predicted molar refractivity (Wildman–Crippen MR) is 86.7 cm³/mol. The van der Waals surface area contributed by atoms with E-state index in [1.807, 2.05) is 0 Å². The Labute approximate surface area is 149 Å². The normalized spacial score (nSPS) is 11.5. The number of hydrogen-bond acceptors (Lipinski definition) is 4. The van der Waals surface area contributed by atoms with Gasteiger partial charge >= 0.3 is 6.18 Å². The zero-order chi connectivity index (χ0) is 18.7. The molecular formula is C16H12F4N4OS. The van der Waals surface area contributed by atoms with E-state index in [0.717, 1.165) is 6.20 Å². The summed E-state index contributed by atoms with van der Waals surface area (Å²) in [6, 6.07) is 7.54. The molecule has 0 radical (unpaired) electrons. The van der Waals surface area contributed by atoms with Crippen LogP contribution in [0.4, 0.5) is 17.6 Å². The first-order valence-electron chi connectivity index (χ1n) is 7.44. The molecule has 3 rings (SSSR count). The lowest BCUT2D eigenvalue weighted by molar-refractivity contribution is -0.137. The molecule has 0 aliphatic heterocycles. The number of carbonyl (C=O) groups is 1. The van der Waals surface area contributed by atoms with Gasteiger partial charge in [0, 0.05) is 19.2 Å². The van der Waals surface area contributed by atoms with Crippen LogP contribution in [0.1, 0.15) is 20.4 Å². The highest BCUT2D eigenvalue weighted by Crippen LogP contribution is 2.32. The Balaban J connectivity index is 1.54. The number of benzene rings is 1. The van der Waals surface area contributed by atoms with Gasteiger partial charge in [-0.3, -0.25) is 4.79 Å². The van der Waals surface area contributed by atoms with Crippen LogP contribution in [-0.4, -0.2) is 27.2 Å². The minimum Gasteiger partial charge on any atom is -0.351 e. The molecule has 0 unspecified atom stereocenters. The monoisotopic (exact) mass is 384 g/mol. The second kappa shape index (κ2) is 7.24. The van der Waals surface area contributed by atoms with Crippen molar-refractivity contribution in [3.05, 3.63) is 64.1 Å². The summed E-state index contributed by atoms with van der Waals surface area (Å²) in [7, 11) is 0. The summed E-state index contributed by atoms with van der Waals surface area (Å²) >= 11 is 0.298. The minimum atomic E-state index is -4.56. The van der Waals surface area contributed by atoms with Gasteiger partial charge in [-0.05, 0) is 30.3 Å². The maximum absolute atomic E-state index is 12.9. The van der Waals surface area contributed by atoms with Crippen molar-refractivity contribution < 1.29 is 22.4 Å². The standard InChI is InChI=1S/C16H12F4N4OS/c17-10-1-3-12(4-2-10)24-8-6-11(23-24)5-7-21-14(25)13-9-22-15(26-13)16(18,19)20/h1-4,6,8-9H,5,7H2,(H,21,25). The number of alkyl halides is 3. The highest BCUT2D eigenvalue weighted by molar-refractivity contribution is 7.13. The fraction of sp³-hybridized carbons (Fsp3) is 0.188. The van der Waals surface area contributed by atoms with E-state index >= 15 is 0 Å². The maximum atomic E-state index is 12.9. The van der Waals surface area contributed by atoms with Gasteiger partial charge in [0.2, 0.25) is 0 Å². The van der Waals surface area contributed by atoms with Crippen LogP contribution >= 0.6 is 11.3 Å². The topological polar surface area (TPSA) is 59.8 Å². The van der Waals surface area contributed by atoms with Gasteiger partial charge < -0.3 is 5.32 Å². The van der Waals surface area contributed by atoms with Crippen molar-refractivity contribution in [1.29, 1.82) is 0 Å². The van der Waals surface area contributed by atoms with Gasteiger partial charge in [-0.15, -0.1) is 11.3 Å². The third-order valence-corrected chi connectivity index (χ3v) is 4.42. The summed E-state index contributed by atoms with van der Waals surface area (Å²) in [5.74, 6) is -0.962. The van der Waals surface area contributed by atoms with E-state index in [9.17, 15) is 22.4 Å². The van der Waals surface area contributed by atoms with Gasteiger partial charge in [-0.2, -0.15) is 18.3 Å². The quantitative estimate of drug-likeness (QED) is 0.686. The van der Waals surface area contributed by atoms with E-state index < -0.39 is 17.1 Å². The fourth-order valence-corrected chi connectivity index (χ4v) is 2.83. The summed E-state index contributed by atoms with van der Waals surface area (Å²) < 4.78 is 51.9. The molecule has 1 N–H and O–H groups in total. The first-order chi connectivity index (χ1) is 12.3. The van der Waals surface area contributed by atoms with E-state index in [1.165, 1.54) is 12.1 Å². The number of halogens is 4. The average Bonchev–Trinajstić information content (AvgIpc) is 3.24. The number of aromatic nitrogens is 3. The van der Waals surface area contributed by atoms with Gasteiger partial charge in [-0.1, -0.05) is 0 Å². The highest BCUT2D eigenvalue weighted by atomic mass is 32.1. The molecule has 2 aromatic heterocycles. The first-order valence-corrected chi connectivity index (χ1v) is 8.26. The van der Waals surface area contributed by atoms with Crippen molar-refractivity contribution in [3.8, 4) is 5.69 Å². The SMILES string of the molecule is O=C(NCCc1ccn(-c2ccc(F)cc2)n1)c1cnc(C(F)(F)F)s1. The Bertz CT molecular complexity index is 902. The van der Waals surface area contributed by atoms with Crippen molar-refractivity contribution in [2.75, 3.05) is 6.54 Å². The Hall–Kier alpha value is -2.75. The van der Waals surface area contributed by atoms with Gasteiger partial charge in [0.1, 0.15) is 10.7 Å². The summed E-state index contributed by atoms with van der Waals surface area (Å²) in [5.41, 5.74) is 1.36. The number of nitrogens with one attached hydrogen (secondary N) is 1. The predicted octanol–water partition coefficient (Wildman–Crippen LogP) is 3.46. The highest BCUT2D eigenvalue weighted by Gasteiger charge is 2.35. The molecule has 2 heterocycles. The summed E-state index contributed by atoms with van der Waals surface area (Å²) in [4.78, 5) is 15.0. The number of nitrogens with zero attached hydrogens (tertiary/aromatic N) is 3. The Morgan fingerprint density at radius 1 is 1.19 bits per heavy atom. The molecule has 0 spiro atoms. The zero-order valence-electron chi connectivity index (χ0n) is 13.1. The Kier molecular flexibility index (Phi) is 5.03. The molecule has 5 nitrogen and oxygen atoms in total. The molecule has 136 valence electrons. The van der Waals surface area contributed by atoms with Crippen molar-refractivity contribution in [2.24, 2.45) is 0 Å². The summed E-state index contributed by atoms with van der Waals surface area (Å²) in [6.45, 7) is 0.207. The van der Waals surface area contributed by atoms with Crippen LogP contribution in [0.3, 0.4) is 0 Å². The van der Waals surface area contributed by atoms with Crippen LogP contribution in [0.2, 0.25) is 0 Å². The first kappa shape index (κ1) is 18.1. The molecule has 0 fully saturated rings. The van der Waals surface area contributed by atoms with E-state index in [-0.39, 0.29) is 17.2 Å². The molecule has 0 saturated heterocycles. The largest absolute Gasteiger partial charge is 0.443 e. The minimum absolute atomic E-state index is 0.103. The molecule has 0 bridgehead atoms. The van der Waals surface area contributed by atoms with Gasteiger partial charge in [-0.25, -0.2) is 14.1 Å². The number of thiazole rings is 1. The maximum Gasteiger partial charge on any atom is 0.443 e. The van der Waals surface area contributed by atoms with Crippen LogP contribution in [0.15, 0.2) is 42.7 Å². The molecule has 1 aromatic carbocycles. The molecule has 1 amide bonds. The van der Waals surface area contributed by atoms with Crippen molar-refractivity contribution in [1.82, 2.24) is 20.1 Å². The lowest BCUT2D eigenvalue weighted by Gasteiger charge is -2.03. The molecule has 0 atom stereocenters. The van der Waals surface area contributed by atoms with E-state index in [4.69, 9.17) is 0 Å².